The molecule has 0 aromatic rings. The van der Waals surface area contributed by atoms with Crippen LogP contribution in [0.5, 0.6) is 0 Å². The summed E-state index contributed by atoms with van der Waals surface area (Å²) >= 11 is 0. The van der Waals surface area contributed by atoms with Crippen LogP contribution in [0, 0.1) is 5.92 Å². The van der Waals surface area contributed by atoms with Crippen molar-refractivity contribution in [2.24, 2.45) is 5.92 Å². The van der Waals surface area contributed by atoms with Gasteiger partial charge < -0.3 is 10.0 Å². The van der Waals surface area contributed by atoms with Crippen LogP contribution in [0.25, 0.3) is 0 Å². The second-order valence-electron chi connectivity index (χ2n) is 6.21. The average molecular weight is 252 g/mol. The molecule has 18 heavy (non-hydrogen) atoms. The van der Waals surface area contributed by atoms with E-state index in [0.717, 1.165) is 38.1 Å². The molecule has 1 aliphatic carbocycles. The third-order valence-corrected chi connectivity index (χ3v) is 4.82. The molecule has 0 aromatic carbocycles. The van der Waals surface area contributed by atoms with Crippen LogP contribution in [-0.4, -0.2) is 59.1 Å². The minimum Gasteiger partial charge on any atom is -0.480 e. The first-order valence-electron chi connectivity index (χ1n) is 7.45. The Morgan fingerprint density at radius 1 is 1.06 bits per heavy atom. The first-order chi connectivity index (χ1) is 8.74. The molecule has 2 heterocycles. The lowest BCUT2D eigenvalue weighted by molar-refractivity contribution is -0.143. The van der Waals surface area contributed by atoms with E-state index in [1.807, 2.05) is 0 Å². The highest BCUT2D eigenvalue weighted by Gasteiger charge is 2.37. The molecule has 1 saturated carbocycles. The Balaban J connectivity index is 1.50. The molecular weight excluding hydrogens is 228 g/mol. The van der Waals surface area contributed by atoms with Gasteiger partial charge in [0.25, 0.3) is 0 Å². The van der Waals surface area contributed by atoms with Crippen LogP contribution in [0.15, 0.2) is 0 Å². The SMILES string of the molecule is O=C(O)C1CCCN1C1CCN(CC2CC2)CC1. The van der Waals surface area contributed by atoms with Gasteiger partial charge in [-0.2, -0.15) is 0 Å². The summed E-state index contributed by atoms with van der Waals surface area (Å²) in [7, 11) is 0. The quantitative estimate of drug-likeness (QED) is 0.821. The van der Waals surface area contributed by atoms with E-state index in [1.54, 1.807) is 0 Å². The lowest BCUT2D eigenvalue weighted by atomic mass is 10.0. The van der Waals surface area contributed by atoms with Gasteiger partial charge in [0.15, 0.2) is 0 Å². The number of carbonyl (C=O) groups is 1. The van der Waals surface area contributed by atoms with Gasteiger partial charge in [-0.25, -0.2) is 0 Å². The normalized spacial score (nSPS) is 31.9. The Labute approximate surface area is 109 Å². The molecule has 102 valence electrons. The van der Waals surface area contributed by atoms with Crippen molar-refractivity contribution in [2.45, 2.75) is 50.6 Å². The number of hydrogen-bond acceptors (Lipinski definition) is 3. The van der Waals surface area contributed by atoms with Gasteiger partial charge in [-0.05, 0) is 64.1 Å². The molecule has 4 heteroatoms. The molecule has 2 aliphatic heterocycles. The van der Waals surface area contributed by atoms with Crippen molar-refractivity contribution >= 4 is 5.97 Å². The average Bonchev–Trinajstić information content (AvgIpc) is 3.04. The number of carboxylic acid groups (broad SMARTS) is 1. The highest BCUT2D eigenvalue weighted by molar-refractivity contribution is 5.73. The van der Waals surface area contributed by atoms with Crippen LogP contribution in [0.4, 0.5) is 0 Å². The molecule has 1 unspecified atom stereocenters. The molecule has 2 saturated heterocycles. The van der Waals surface area contributed by atoms with Gasteiger partial charge in [0.05, 0.1) is 0 Å². The third kappa shape index (κ3) is 2.69. The summed E-state index contributed by atoms with van der Waals surface area (Å²) in [6, 6.07) is 0.314. The van der Waals surface area contributed by atoms with Crippen molar-refractivity contribution in [1.82, 2.24) is 9.80 Å². The van der Waals surface area contributed by atoms with Crippen molar-refractivity contribution in [3.05, 3.63) is 0 Å². The molecule has 1 atom stereocenters. The van der Waals surface area contributed by atoms with E-state index in [-0.39, 0.29) is 6.04 Å². The standard InChI is InChI=1S/C14H24N2O2/c17-14(18)13-2-1-7-16(13)12-5-8-15(9-6-12)10-11-3-4-11/h11-13H,1-10H2,(H,17,18). The second kappa shape index (κ2) is 5.17. The largest absolute Gasteiger partial charge is 0.480 e. The Hall–Kier alpha value is -0.610. The fourth-order valence-corrected chi connectivity index (χ4v) is 3.59. The summed E-state index contributed by atoms with van der Waals surface area (Å²) in [6.07, 6.45) is 7.07. The number of hydrogen-bond donors (Lipinski definition) is 1. The lowest BCUT2D eigenvalue weighted by Gasteiger charge is -2.38. The van der Waals surface area contributed by atoms with Gasteiger partial charge in [0.2, 0.25) is 0 Å². The van der Waals surface area contributed by atoms with Crippen molar-refractivity contribution < 1.29 is 9.90 Å². The van der Waals surface area contributed by atoms with E-state index >= 15 is 0 Å². The Morgan fingerprint density at radius 3 is 2.39 bits per heavy atom. The van der Waals surface area contributed by atoms with E-state index in [1.165, 1.54) is 32.5 Å². The van der Waals surface area contributed by atoms with E-state index in [9.17, 15) is 9.90 Å². The van der Waals surface area contributed by atoms with Gasteiger partial charge in [0.1, 0.15) is 6.04 Å². The Morgan fingerprint density at radius 2 is 1.78 bits per heavy atom. The zero-order valence-corrected chi connectivity index (χ0v) is 11.1. The van der Waals surface area contributed by atoms with E-state index < -0.39 is 5.97 Å². The predicted molar refractivity (Wildman–Crippen MR) is 69.5 cm³/mol. The van der Waals surface area contributed by atoms with Gasteiger partial charge in [-0.1, -0.05) is 0 Å². The summed E-state index contributed by atoms with van der Waals surface area (Å²) < 4.78 is 0. The topological polar surface area (TPSA) is 43.8 Å². The van der Waals surface area contributed by atoms with Crippen molar-refractivity contribution in [3.8, 4) is 0 Å². The lowest BCUT2D eigenvalue weighted by Crippen LogP contribution is -2.49. The predicted octanol–water partition coefficient (Wildman–Crippen LogP) is 1.41. The monoisotopic (exact) mass is 252 g/mol. The molecule has 3 fully saturated rings. The molecule has 0 bridgehead atoms. The van der Waals surface area contributed by atoms with Gasteiger partial charge >= 0.3 is 5.97 Å². The zero-order valence-electron chi connectivity index (χ0n) is 11.1. The molecule has 0 amide bonds. The number of likely N-dealkylation sites (tertiary alicyclic amines) is 2. The highest BCUT2D eigenvalue weighted by Crippen LogP contribution is 2.32. The van der Waals surface area contributed by atoms with Crippen molar-refractivity contribution in [3.63, 3.8) is 0 Å². The summed E-state index contributed by atoms with van der Waals surface area (Å²) in [5, 5.41) is 9.24. The fraction of sp³-hybridized carbons (Fsp3) is 0.929. The summed E-state index contributed by atoms with van der Waals surface area (Å²) in [6.45, 7) is 4.62. The van der Waals surface area contributed by atoms with Crippen molar-refractivity contribution in [1.29, 1.82) is 0 Å². The first-order valence-corrected chi connectivity index (χ1v) is 7.45. The molecule has 4 nitrogen and oxygen atoms in total. The minimum atomic E-state index is -0.618. The number of carboxylic acids is 1. The summed E-state index contributed by atoms with van der Waals surface area (Å²) in [5.41, 5.74) is 0. The third-order valence-electron chi connectivity index (χ3n) is 4.82. The second-order valence-corrected chi connectivity index (χ2v) is 6.21. The maximum atomic E-state index is 11.2. The number of rotatable bonds is 4. The molecule has 0 spiro atoms. The zero-order chi connectivity index (χ0) is 12.5. The number of aliphatic carboxylic acids is 1. The molecule has 3 rings (SSSR count). The van der Waals surface area contributed by atoms with Crippen LogP contribution >= 0.6 is 0 Å². The molecule has 0 aromatic heterocycles. The van der Waals surface area contributed by atoms with Crippen LogP contribution < -0.4 is 0 Å². The van der Waals surface area contributed by atoms with Crippen LogP contribution in [0.1, 0.15) is 38.5 Å². The molecule has 3 aliphatic rings. The van der Waals surface area contributed by atoms with Gasteiger partial charge in [-0.3, -0.25) is 9.69 Å². The van der Waals surface area contributed by atoms with Crippen LogP contribution in [0.3, 0.4) is 0 Å². The van der Waals surface area contributed by atoms with Gasteiger partial charge in [-0.15, -0.1) is 0 Å². The molecule has 1 N–H and O–H groups in total. The van der Waals surface area contributed by atoms with E-state index in [2.05, 4.69) is 9.80 Å². The highest BCUT2D eigenvalue weighted by atomic mass is 16.4. The fourth-order valence-electron chi connectivity index (χ4n) is 3.59. The maximum Gasteiger partial charge on any atom is 0.320 e. The van der Waals surface area contributed by atoms with Gasteiger partial charge in [0, 0.05) is 12.6 Å². The van der Waals surface area contributed by atoms with E-state index in [0.29, 0.717) is 6.04 Å². The maximum absolute atomic E-state index is 11.2. The van der Waals surface area contributed by atoms with E-state index in [4.69, 9.17) is 0 Å². The minimum absolute atomic E-state index is 0.204. The van der Waals surface area contributed by atoms with Crippen LogP contribution in [-0.2, 0) is 4.79 Å². The first kappa shape index (κ1) is 12.4. The number of piperidine rings is 1. The number of nitrogens with zero attached hydrogens (tertiary/aromatic N) is 2. The smallest absolute Gasteiger partial charge is 0.320 e. The summed E-state index contributed by atoms with van der Waals surface area (Å²) in [5.74, 6) is 0.355. The molecule has 0 radical (unpaired) electrons. The Kier molecular flexibility index (Phi) is 3.57. The van der Waals surface area contributed by atoms with Crippen LogP contribution in [0.2, 0.25) is 0 Å². The Bertz CT molecular complexity index is 309. The molecular formula is C14H24N2O2. The summed E-state index contributed by atoms with van der Waals surface area (Å²) in [4.78, 5) is 16.1. The van der Waals surface area contributed by atoms with Crippen molar-refractivity contribution in [2.75, 3.05) is 26.2 Å².